The van der Waals surface area contributed by atoms with Gasteiger partial charge in [0.1, 0.15) is 12.9 Å². The zero-order valence-corrected chi connectivity index (χ0v) is 13.9. The van der Waals surface area contributed by atoms with Gasteiger partial charge in [-0.05, 0) is 18.6 Å². The highest BCUT2D eigenvalue weighted by Gasteiger charge is 2.49. The zero-order valence-electron chi connectivity index (χ0n) is 13.1. The Morgan fingerprint density at radius 2 is 2.05 bits per heavy atom. The van der Waals surface area contributed by atoms with Crippen molar-refractivity contribution in [1.29, 1.82) is 0 Å². The fourth-order valence-corrected chi connectivity index (χ4v) is 3.54. The van der Waals surface area contributed by atoms with Gasteiger partial charge in [-0.1, -0.05) is 31.5 Å². The number of ether oxygens (including phenoxy) is 4. The number of rotatable bonds is 11. The maximum absolute atomic E-state index is 12.4. The van der Waals surface area contributed by atoms with E-state index in [-0.39, 0.29) is 24.4 Å². The van der Waals surface area contributed by atoms with Crippen LogP contribution in [-0.2, 0) is 29.7 Å². The number of hydrogen-bond donors (Lipinski definition) is 0. The van der Waals surface area contributed by atoms with Gasteiger partial charge in [0.05, 0.1) is 30.1 Å². The topological polar surface area (TPSA) is 57.3 Å². The van der Waals surface area contributed by atoms with Crippen molar-refractivity contribution in [2.75, 3.05) is 27.1 Å². The second-order valence-corrected chi connectivity index (χ2v) is 6.62. The molecule has 5 nitrogen and oxygen atoms in total. The van der Waals surface area contributed by atoms with Crippen molar-refractivity contribution < 1.29 is 23.2 Å². The van der Waals surface area contributed by atoms with Crippen LogP contribution in [0.25, 0.3) is 0 Å². The van der Waals surface area contributed by atoms with Crippen LogP contribution in [0.1, 0.15) is 19.8 Å². The maximum atomic E-state index is 12.4. The molecule has 0 saturated carbocycles. The second-order valence-electron chi connectivity index (χ2n) is 5.09. The predicted molar refractivity (Wildman–Crippen MR) is 84.0 cm³/mol. The number of methoxy groups -OCH3 is 1. The summed E-state index contributed by atoms with van der Waals surface area (Å²) in [5.41, 5.74) is -0.280. The minimum atomic E-state index is -1.15. The molecule has 1 aromatic carbocycles. The van der Waals surface area contributed by atoms with Crippen LogP contribution in [0.4, 0.5) is 0 Å². The van der Waals surface area contributed by atoms with Crippen molar-refractivity contribution in [1.82, 2.24) is 0 Å². The molecule has 1 fully saturated rings. The standard InChI is InChI=1S/C16H24O5S/c1-3-7-14(20-12-19-11-10-18-2)15-16(21-15)22(17)13-8-5-4-6-9-13/h4-6,8-9,14-16H,3,7,10-12H2,1-2H3/t14-,15-,16-,22?/m0/s1. The molecule has 22 heavy (non-hydrogen) atoms. The van der Waals surface area contributed by atoms with E-state index in [2.05, 4.69) is 6.92 Å². The summed E-state index contributed by atoms with van der Waals surface area (Å²) in [6.45, 7) is 3.34. The quantitative estimate of drug-likeness (QED) is 0.354. The molecule has 2 rings (SSSR count). The summed E-state index contributed by atoms with van der Waals surface area (Å²) in [6, 6.07) is 9.39. The van der Waals surface area contributed by atoms with E-state index >= 15 is 0 Å². The first kappa shape index (κ1) is 17.6. The molecule has 0 amide bonds. The molecule has 1 heterocycles. The van der Waals surface area contributed by atoms with Gasteiger partial charge in [-0.3, -0.25) is 4.21 Å². The molecule has 1 aromatic rings. The monoisotopic (exact) mass is 328 g/mol. The molecular weight excluding hydrogens is 304 g/mol. The lowest BCUT2D eigenvalue weighted by atomic mass is 10.1. The van der Waals surface area contributed by atoms with Crippen molar-refractivity contribution in [3.8, 4) is 0 Å². The molecule has 0 bridgehead atoms. The van der Waals surface area contributed by atoms with E-state index in [1.807, 2.05) is 30.3 Å². The molecule has 0 spiro atoms. The summed E-state index contributed by atoms with van der Waals surface area (Å²) in [7, 11) is 0.479. The Morgan fingerprint density at radius 3 is 2.73 bits per heavy atom. The Balaban J connectivity index is 1.80. The van der Waals surface area contributed by atoms with Crippen LogP contribution < -0.4 is 0 Å². The third-order valence-electron chi connectivity index (χ3n) is 3.41. The molecule has 1 saturated heterocycles. The first-order chi connectivity index (χ1) is 10.8. The Labute approximate surface area is 134 Å². The molecular formula is C16H24O5S. The molecule has 1 aliphatic rings. The van der Waals surface area contributed by atoms with E-state index in [1.165, 1.54) is 0 Å². The van der Waals surface area contributed by atoms with Crippen LogP contribution in [0.15, 0.2) is 35.2 Å². The van der Waals surface area contributed by atoms with Gasteiger partial charge in [-0.25, -0.2) is 0 Å². The number of epoxide rings is 1. The van der Waals surface area contributed by atoms with Gasteiger partial charge >= 0.3 is 0 Å². The Kier molecular flexibility index (Phi) is 7.48. The van der Waals surface area contributed by atoms with Gasteiger partial charge in [-0.15, -0.1) is 0 Å². The average molecular weight is 328 g/mol. The number of benzene rings is 1. The lowest BCUT2D eigenvalue weighted by Crippen LogP contribution is -2.24. The van der Waals surface area contributed by atoms with Gasteiger partial charge in [0, 0.05) is 12.0 Å². The van der Waals surface area contributed by atoms with Gasteiger partial charge in [0.25, 0.3) is 0 Å². The number of hydrogen-bond acceptors (Lipinski definition) is 5. The first-order valence-electron chi connectivity index (χ1n) is 7.57. The van der Waals surface area contributed by atoms with Crippen LogP contribution >= 0.6 is 0 Å². The normalized spacial score (nSPS) is 23.2. The SMILES string of the molecule is CCC[C@H](OCOCCOC)[C@@H]1O[C@H]1S(=O)c1ccccc1. The van der Waals surface area contributed by atoms with Crippen LogP contribution in [0.2, 0.25) is 0 Å². The van der Waals surface area contributed by atoms with Crippen molar-refractivity contribution in [3.05, 3.63) is 30.3 Å². The second kappa shape index (κ2) is 9.37. The van der Waals surface area contributed by atoms with E-state index in [9.17, 15) is 4.21 Å². The van der Waals surface area contributed by atoms with Gasteiger partial charge in [0.15, 0.2) is 5.44 Å². The van der Waals surface area contributed by atoms with Crippen LogP contribution in [-0.4, -0.2) is 49.0 Å². The lowest BCUT2D eigenvalue weighted by Gasteiger charge is -2.15. The fourth-order valence-electron chi connectivity index (χ4n) is 2.20. The smallest absolute Gasteiger partial charge is 0.166 e. The van der Waals surface area contributed by atoms with E-state index in [0.717, 1.165) is 17.7 Å². The summed E-state index contributed by atoms with van der Waals surface area (Å²) in [4.78, 5) is 0.793. The zero-order chi connectivity index (χ0) is 15.8. The molecule has 124 valence electrons. The summed E-state index contributed by atoms with van der Waals surface area (Å²) in [5.74, 6) is 0. The summed E-state index contributed by atoms with van der Waals surface area (Å²) < 4.78 is 34.0. The average Bonchev–Trinajstić information content (AvgIpc) is 3.34. The van der Waals surface area contributed by atoms with Crippen molar-refractivity contribution in [2.45, 2.75) is 42.3 Å². The van der Waals surface area contributed by atoms with Crippen molar-refractivity contribution in [3.63, 3.8) is 0 Å². The summed E-state index contributed by atoms with van der Waals surface area (Å²) >= 11 is 0. The lowest BCUT2D eigenvalue weighted by molar-refractivity contribution is -0.105. The Morgan fingerprint density at radius 1 is 1.27 bits per heavy atom. The largest absolute Gasteiger partial charge is 0.382 e. The summed E-state index contributed by atoms with van der Waals surface area (Å²) in [6.07, 6.45) is 1.64. The van der Waals surface area contributed by atoms with Crippen molar-refractivity contribution in [2.24, 2.45) is 0 Å². The van der Waals surface area contributed by atoms with E-state index < -0.39 is 10.8 Å². The fraction of sp³-hybridized carbons (Fsp3) is 0.625. The Bertz CT molecular complexity index is 453. The van der Waals surface area contributed by atoms with Gasteiger partial charge in [0.2, 0.25) is 0 Å². The minimum absolute atomic E-state index is 0.0785. The predicted octanol–water partition coefficient (Wildman–Crippen LogP) is 2.32. The molecule has 0 radical (unpaired) electrons. The van der Waals surface area contributed by atoms with Crippen LogP contribution in [0.5, 0.6) is 0 Å². The highest BCUT2D eigenvalue weighted by atomic mass is 32.2. The van der Waals surface area contributed by atoms with E-state index in [4.69, 9.17) is 18.9 Å². The molecule has 1 aliphatic heterocycles. The minimum Gasteiger partial charge on any atom is -0.382 e. The molecule has 0 aliphatic carbocycles. The molecule has 1 unspecified atom stereocenters. The molecule has 0 N–H and O–H groups in total. The highest BCUT2D eigenvalue weighted by Crippen LogP contribution is 2.34. The molecule has 4 atom stereocenters. The Hall–Kier alpha value is -0.790. The third-order valence-corrected chi connectivity index (χ3v) is 4.94. The summed E-state index contributed by atoms with van der Waals surface area (Å²) in [5, 5.41) is 0. The van der Waals surface area contributed by atoms with E-state index in [0.29, 0.717) is 13.2 Å². The van der Waals surface area contributed by atoms with Crippen LogP contribution in [0.3, 0.4) is 0 Å². The van der Waals surface area contributed by atoms with Gasteiger partial charge < -0.3 is 18.9 Å². The highest BCUT2D eigenvalue weighted by molar-refractivity contribution is 7.85. The van der Waals surface area contributed by atoms with Gasteiger partial charge in [-0.2, -0.15) is 0 Å². The molecule has 0 aromatic heterocycles. The van der Waals surface area contributed by atoms with Crippen LogP contribution in [0, 0.1) is 0 Å². The van der Waals surface area contributed by atoms with Crippen molar-refractivity contribution >= 4 is 10.8 Å². The first-order valence-corrected chi connectivity index (χ1v) is 8.78. The maximum Gasteiger partial charge on any atom is 0.166 e. The molecule has 6 heteroatoms. The van der Waals surface area contributed by atoms with E-state index in [1.54, 1.807) is 7.11 Å². The third kappa shape index (κ3) is 5.14.